The summed E-state index contributed by atoms with van der Waals surface area (Å²) in [5.41, 5.74) is 0.376. The fourth-order valence-electron chi connectivity index (χ4n) is 2.59. The van der Waals surface area contributed by atoms with Gasteiger partial charge >= 0.3 is 5.97 Å². The van der Waals surface area contributed by atoms with Crippen LogP contribution >= 0.6 is 0 Å². The SMILES string of the molecule is COc1ccc([C@@H]2[C@@H](C(=O)O)C2(C)C)c(O)c1. The highest BCUT2D eigenvalue weighted by molar-refractivity contribution is 5.78. The van der Waals surface area contributed by atoms with Crippen LogP contribution in [0.5, 0.6) is 11.5 Å². The van der Waals surface area contributed by atoms with Crippen molar-refractivity contribution in [3.63, 3.8) is 0 Å². The van der Waals surface area contributed by atoms with Gasteiger partial charge in [0.05, 0.1) is 13.0 Å². The number of hydrogen-bond donors (Lipinski definition) is 2. The van der Waals surface area contributed by atoms with Crippen molar-refractivity contribution < 1.29 is 19.7 Å². The minimum atomic E-state index is -0.810. The summed E-state index contributed by atoms with van der Waals surface area (Å²) in [6.45, 7) is 3.81. The van der Waals surface area contributed by atoms with Crippen molar-refractivity contribution in [1.82, 2.24) is 0 Å². The molecule has 17 heavy (non-hydrogen) atoms. The molecule has 2 atom stereocenters. The fourth-order valence-corrected chi connectivity index (χ4v) is 2.59. The molecule has 0 aromatic heterocycles. The van der Waals surface area contributed by atoms with E-state index in [-0.39, 0.29) is 17.1 Å². The molecule has 1 aromatic rings. The van der Waals surface area contributed by atoms with Gasteiger partial charge in [0.2, 0.25) is 0 Å². The number of rotatable bonds is 3. The normalized spacial score (nSPS) is 25.4. The molecule has 1 saturated carbocycles. The van der Waals surface area contributed by atoms with Crippen molar-refractivity contribution in [3.8, 4) is 11.5 Å². The number of carbonyl (C=O) groups is 1. The van der Waals surface area contributed by atoms with Crippen molar-refractivity contribution in [2.45, 2.75) is 19.8 Å². The lowest BCUT2D eigenvalue weighted by Crippen LogP contribution is -2.03. The molecule has 0 saturated heterocycles. The van der Waals surface area contributed by atoms with Gasteiger partial charge in [-0.25, -0.2) is 0 Å². The van der Waals surface area contributed by atoms with Crippen molar-refractivity contribution in [2.75, 3.05) is 7.11 Å². The number of hydrogen-bond acceptors (Lipinski definition) is 3. The molecule has 1 aliphatic carbocycles. The zero-order valence-electron chi connectivity index (χ0n) is 10.1. The second-order valence-electron chi connectivity index (χ2n) is 5.04. The van der Waals surface area contributed by atoms with Crippen LogP contribution in [0, 0.1) is 11.3 Å². The van der Waals surface area contributed by atoms with Crippen LogP contribution in [0.15, 0.2) is 18.2 Å². The average molecular weight is 236 g/mol. The number of carboxylic acid groups (broad SMARTS) is 1. The van der Waals surface area contributed by atoms with Gasteiger partial charge in [-0.2, -0.15) is 0 Å². The van der Waals surface area contributed by atoms with Gasteiger partial charge in [-0.15, -0.1) is 0 Å². The highest BCUT2D eigenvalue weighted by atomic mass is 16.5. The Morgan fingerprint density at radius 2 is 2.06 bits per heavy atom. The van der Waals surface area contributed by atoms with E-state index in [2.05, 4.69) is 0 Å². The number of aliphatic carboxylic acids is 1. The molecule has 92 valence electrons. The Kier molecular flexibility index (Phi) is 2.53. The second kappa shape index (κ2) is 3.65. The summed E-state index contributed by atoms with van der Waals surface area (Å²) in [6, 6.07) is 4.99. The minimum Gasteiger partial charge on any atom is -0.508 e. The molecular formula is C13H16O4. The van der Waals surface area contributed by atoms with Crippen LogP contribution in [0.25, 0.3) is 0 Å². The van der Waals surface area contributed by atoms with Crippen molar-refractivity contribution >= 4 is 5.97 Å². The standard InChI is InChI=1S/C13H16O4/c1-13(2)10(11(13)12(15)16)8-5-4-7(17-3)6-9(8)14/h4-6,10-11,14H,1-3H3,(H,15,16)/t10-,11+/m1/s1. The number of aromatic hydroxyl groups is 1. The third kappa shape index (κ3) is 1.73. The molecule has 0 radical (unpaired) electrons. The predicted octanol–water partition coefficient (Wildman–Crippen LogP) is 2.23. The van der Waals surface area contributed by atoms with E-state index in [9.17, 15) is 9.90 Å². The molecule has 2 rings (SSSR count). The van der Waals surface area contributed by atoms with Crippen LogP contribution < -0.4 is 4.74 Å². The fraction of sp³-hybridized carbons (Fsp3) is 0.462. The lowest BCUT2D eigenvalue weighted by Gasteiger charge is -2.07. The van der Waals surface area contributed by atoms with Gasteiger partial charge < -0.3 is 14.9 Å². The first-order valence-electron chi connectivity index (χ1n) is 5.49. The Bertz CT molecular complexity index is 464. The Morgan fingerprint density at radius 3 is 2.47 bits per heavy atom. The molecule has 1 aliphatic rings. The zero-order chi connectivity index (χ0) is 12.8. The van der Waals surface area contributed by atoms with Gasteiger partial charge in [0.15, 0.2) is 0 Å². The maximum absolute atomic E-state index is 11.1. The Labute approximate surface area is 99.8 Å². The van der Waals surface area contributed by atoms with Gasteiger partial charge in [-0.3, -0.25) is 4.79 Å². The van der Waals surface area contributed by atoms with Gasteiger partial charge in [0.1, 0.15) is 11.5 Å². The topological polar surface area (TPSA) is 66.8 Å². The largest absolute Gasteiger partial charge is 0.508 e. The Balaban J connectivity index is 2.34. The second-order valence-corrected chi connectivity index (χ2v) is 5.04. The molecule has 0 bridgehead atoms. The highest BCUT2D eigenvalue weighted by Gasteiger charge is 2.63. The van der Waals surface area contributed by atoms with Crippen LogP contribution in [-0.2, 0) is 4.79 Å². The van der Waals surface area contributed by atoms with Crippen molar-refractivity contribution in [1.29, 1.82) is 0 Å². The minimum absolute atomic E-state index is 0.103. The monoisotopic (exact) mass is 236 g/mol. The van der Waals surface area contributed by atoms with E-state index in [0.717, 1.165) is 0 Å². The Hall–Kier alpha value is -1.71. The molecule has 0 spiro atoms. The first kappa shape index (κ1) is 11.8. The summed E-state index contributed by atoms with van der Waals surface area (Å²) in [6.07, 6.45) is 0. The molecule has 4 nitrogen and oxygen atoms in total. The van der Waals surface area contributed by atoms with E-state index in [4.69, 9.17) is 9.84 Å². The van der Waals surface area contributed by atoms with Crippen molar-refractivity contribution in [2.24, 2.45) is 11.3 Å². The van der Waals surface area contributed by atoms with Gasteiger partial charge in [-0.1, -0.05) is 19.9 Å². The number of benzene rings is 1. The maximum atomic E-state index is 11.1. The molecule has 1 fully saturated rings. The van der Waals surface area contributed by atoms with E-state index >= 15 is 0 Å². The van der Waals surface area contributed by atoms with E-state index in [0.29, 0.717) is 11.3 Å². The predicted molar refractivity (Wildman–Crippen MR) is 62.3 cm³/mol. The number of phenolic OH excluding ortho intramolecular Hbond substituents is 1. The van der Waals surface area contributed by atoms with Crippen LogP contribution in [0.1, 0.15) is 25.3 Å². The lowest BCUT2D eigenvalue weighted by molar-refractivity contribution is -0.139. The smallest absolute Gasteiger partial charge is 0.307 e. The van der Waals surface area contributed by atoms with Crippen LogP contribution in [0.3, 0.4) is 0 Å². The third-order valence-electron chi connectivity index (χ3n) is 3.67. The molecule has 0 heterocycles. The first-order valence-corrected chi connectivity index (χ1v) is 5.49. The third-order valence-corrected chi connectivity index (χ3v) is 3.67. The van der Waals surface area contributed by atoms with E-state index in [1.807, 2.05) is 13.8 Å². The van der Waals surface area contributed by atoms with Crippen LogP contribution in [0.4, 0.5) is 0 Å². The van der Waals surface area contributed by atoms with E-state index < -0.39 is 11.9 Å². The molecule has 4 heteroatoms. The number of ether oxygens (including phenoxy) is 1. The van der Waals surface area contributed by atoms with Gasteiger partial charge in [0, 0.05) is 12.0 Å². The number of phenols is 1. The molecule has 0 unspecified atom stereocenters. The Morgan fingerprint density at radius 1 is 1.41 bits per heavy atom. The summed E-state index contributed by atoms with van der Waals surface area (Å²) in [5.74, 6) is -0.703. The van der Waals surface area contributed by atoms with E-state index in [1.54, 1.807) is 12.1 Å². The highest BCUT2D eigenvalue weighted by Crippen LogP contribution is 2.65. The summed E-state index contributed by atoms with van der Waals surface area (Å²) in [5, 5.41) is 19.0. The summed E-state index contributed by atoms with van der Waals surface area (Å²) in [7, 11) is 1.52. The summed E-state index contributed by atoms with van der Waals surface area (Å²) in [4.78, 5) is 11.1. The average Bonchev–Trinajstić information content (AvgIpc) is 2.81. The zero-order valence-corrected chi connectivity index (χ0v) is 10.1. The molecule has 1 aromatic carbocycles. The molecule has 0 amide bonds. The summed E-state index contributed by atoms with van der Waals surface area (Å²) >= 11 is 0. The molecular weight excluding hydrogens is 220 g/mol. The number of methoxy groups -OCH3 is 1. The molecule has 0 aliphatic heterocycles. The van der Waals surface area contributed by atoms with Gasteiger partial charge in [-0.05, 0) is 17.0 Å². The van der Waals surface area contributed by atoms with Crippen molar-refractivity contribution in [3.05, 3.63) is 23.8 Å². The quantitative estimate of drug-likeness (QED) is 0.844. The van der Waals surface area contributed by atoms with Crippen LogP contribution in [-0.4, -0.2) is 23.3 Å². The van der Waals surface area contributed by atoms with E-state index in [1.165, 1.54) is 13.2 Å². The lowest BCUT2D eigenvalue weighted by atomic mass is 10.0. The number of carboxylic acids is 1. The molecule has 2 N–H and O–H groups in total. The van der Waals surface area contributed by atoms with Gasteiger partial charge in [0.25, 0.3) is 0 Å². The first-order chi connectivity index (χ1) is 7.89. The maximum Gasteiger partial charge on any atom is 0.307 e. The summed E-state index contributed by atoms with van der Waals surface area (Å²) < 4.78 is 5.00. The van der Waals surface area contributed by atoms with Crippen LogP contribution in [0.2, 0.25) is 0 Å².